The minimum atomic E-state index is -0.989. The Hall–Kier alpha value is -1.75. The zero-order valence-electron chi connectivity index (χ0n) is 10.6. The van der Waals surface area contributed by atoms with Gasteiger partial charge in [-0.15, -0.1) is 0 Å². The molecule has 0 aliphatic rings. The molecule has 5 heteroatoms. The first-order chi connectivity index (χ1) is 9.08. The molecule has 0 bridgehead atoms. The van der Waals surface area contributed by atoms with Crippen molar-refractivity contribution in [3.8, 4) is 17.1 Å². The number of carboxylic acid groups (broad SMARTS) is 1. The summed E-state index contributed by atoms with van der Waals surface area (Å²) < 4.78 is 11.1. The SMILES string of the molecule is CCc1c(Br)oc(-c2ccc(OC)cc2)c1C(=O)O. The fourth-order valence-corrected chi connectivity index (χ4v) is 2.57. The third kappa shape index (κ3) is 2.51. The summed E-state index contributed by atoms with van der Waals surface area (Å²) in [6.45, 7) is 1.89. The van der Waals surface area contributed by atoms with Crippen LogP contribution in [0.1, 0.15) is 22.8 Å². The maximum Gasteiger partial charge on any atom is 0.339 e. The smallest absolute Gasteiger partial charge is 0.339 e. The predicted molar refractivity (Wildman–Crippen MR) is 74.7 cm³/mol. The van der Waals surface area contributed by atoms with E-state index in [9.17, 15) is 9.90 Å². The molecule has 0 fully saturated rings. The molecule has 0 radical (unpaired) electrons. The molecular weight excluding hydrogens is 312 g/mol. The summed E-state index contributed by atoms with van der Waals surface area (Å²) in [4.78, 5) is 11.4. The Kier molecular flexibility index (Phi) is 3.95. The van der Waals surface area contributed by atoms with Crippen LogP contribution < -0.4 is 4.74 Å². The van der Waals surface area contributed by atoms with Crippen LogP contribution >= 0.6 is 15.9 Å². The van der Waals surface area contributed by atoms with E-state index in [1.807, 2.05) is 6.92 Å². The first kappa shape index (κ1) is 13.7. The first-order valence-electron chi connectivity index (χ1n) is 5.77. The molecule has 0 amide bonds. The Morgan fingerprint density at radius 1 is 1.37 bits per heavy atom. The van der Waals surface area contributed by atoms with E-state index >= 15 is 0 Å². The van der Waals surface area contributed by atoms with E-state index in [1.54, 1.807) is 31.4 Å². The Morgan fingerprint density at radius 2 is 2.00 bits per heavy atom. The molecule has 0 atom stereocenters. The standard InChI is InChI=1S/C14H13BrO4/c1-3-10-11(14(16)17)12(19-13(10)15)8-4-6-9(18-2)7-5-8/h4-7H,3H2,1-2H3,(H,16,17). The Bertz CT molecular complexity index is 599. The third-order valence-corrected chi connectivity index (χ3v) is 3.52. The Balaban J connectivity index is 2.57. The summed E-state index contributed by atoms with van der Waals surface area (Å²) in [6, 6.07) is 7.08. The monoisotopic (exact) mass is 324 g/mol. The van der Waals surface area contributed by atoms with Gasteiger partial charge in [-0.3, -0.25) is 0 Å². The van der Waals surface area contributed by atoms with Gasteiger partial charge in [-0.05, 0) is 46.6 Å². The van der Waals surface area contributed by atoms with Gasteiger partial charge in [0.2, 0.25) is 0 Å². The highest BCUT2D eigenvalue weighted by Gasteiger charge is 2.24. The molecule has 4 nitrogen and oxygen atoms in total. The van der Waals surface area contributed by atoms with E-state index in [2.05, 4.69) is 15.9 Å². The molecule has 2 rings (SSSR count). The molecule has 0 saturated carbocycles. The lowest BCUT2D eigenvalue weighted by Crippen LogP contribution is -2.00. The van der Waals surface area contributed by atoms with Gasteiger partial charge >= 0.3 is 5.97 Å². The van der Waals surface area contributed by atoms with Gasteiger partial charge < -0.3 is 14.3 Å². The van der Waals surface area contributed by atoms with Gasteiger partial charge in [0.15, 0.2) is 4.67 Å². The number of benzene rings is 1. The average Bonchev–Trinajstić information content (AvgIpc) is 2.75. The minimum Gasteiger partial charge on any atom is -0.497 e. The number of aromatic carboxylic acids is 1. The van der Waals surface area contributed by atoms with E-state index < -0.39 is 5.97 Å². The van der Waals surface area contributed by atoms with Gasteiger partial charge in [-0.1, -0.05) is 6.92 Å². The lowest BCUT2D eigenvalue weighted by Gasteiger charge is -2.02. The van der Waals surface area contributed by atoms with Crippen LogP contribution in [-0.2, 0) is 6.42 Å². The fraction of sp³-hybridized carbons (Fsp3) is 0.214. The van der Waals surface area contributed by atoms with Crippen LogP contribution in [0.2, 0.25) is 0 Å². The second-order valence-electron chi connectivity index (χ2n) is 3.95. The minimum absolute atomic E-state index is 0.208. The van der Waals surface area contributed by atoms with E-state index in [0.717, 1.165) is 0 Å². The Labute approximate surface area is 119 Å². The highest BCUT2D eigenvalue weighted by molar-refractivity contribution is 9.10. The van der Waals surface area contributed by atoms with Crippen molar-refractivity contribution in [2.75, 3.05) is 7.11 Å². The van der Waals surface area contributed by atoms with Crippen molar-refractivity contribution < 1.29 is 19.1 Å². The van der Waals surface area contributed by atoms with Crippen molar-refractivity contribution in [2.24, 2.45) is 0 Å². The van der Waals surface area contributed by atoms with Crippen molar-refractivity contribution in [3.05, 3.63) is 40.1 Å². The van der Waals surface area contributed by atoms with Gasteiger partial charge in [0.25, 0.3) is 0 Å². The number of carboxylic acids is 1. The summed E-state index contributed by atoms with van der Waals surface area (Å²) in [5.74, 6) is 0.0814. The zero-order valence-corrected chi connectivity index (χ0v) is 12.2. The van der Waals surface area contributed by atoms with Crippen molar-refractivity contribution in [2.45, 2.75) is 13.3 Å². The van der Waals surface area contributed by atoms with Crippen LogP contribution in [0.5, 0.6) is 5.75 Å². The van der Waals surface area contributed by atoms with Gasteiger partial charge in [0, 0.05) is 11.1 Å². The molecular formula is C14H13BrO4. The third-order valence-electron chi connectivity index (χ3n) is 2.88. The number of ether oxygens (including phenoxy) is 1. The van der Waals surface area contributed by atoms with Crippen LogP contribution in [0.15, 0.2) is 33.4 Å². The highest BCUT2D eigenvalue weighted by atomic mass is 79.9. The second-order valence-corrected chi connectivity index (χ2v) is 4.67. The lowest BCUT2D eigenvalue weighted by molar-refractivity contribution is 0.0696. The van der Waals surface area contributed by atoms with Crippen LogP contribution in [0.4, 0.5) is 0 Å². The second kappa shape index (κ2) is 5.48. The van der Waals surface area contributed by atoms with Crippen molar-refractivity contribution >= 4 is 21.9 Å². The summed E-state index contributed by atoms with van der Waals surface area (Å²) >= 11 is 3.27. The molecule has 0 aliphatic carbocycles. The molecule has 2 aromatic rings. The molecule has 1 aromatic carbocycles. The molecule has 1 N–H and O–H groups in total. The fourth-order valence-electron chi connectivity index (χ4n) is 1.93. The molecule has 19 heavy (non-hydrogen) atoms. The number of hydrogen-bond donors (Lipinski definition) is 1. The molecule has 0 unspecified atom stereocenters. The van der Waals surface area contributed by atoms with Crippen molar-refractivity contribution in [1.29, 1.82) is 0 Å². The largest absolute Gasteiger partial charge is 0.497 e. The van der Waals surface area contributed by atoms with Crippen molar-refractivity contribution in [3.63, 3.8) is 0 Å². The molecule has 0 spiro atoms. The number of furan rings is 1. The number of rotatable bonds is 4. The summed E-state index contributed by atoms with van der Waals surface area (Å²) in [6.07, 6.45) is 0.585. The van der Waals surface area contributed by atoms with Gasteiger partial charge in [0.1, 0.15) is 17.1 Å². The summed E-state index contributed by atoms with van der Waals surface area (Å²) in [5, 5.41) is 9.35. The number of hydrogen-bond acceptors (Lipinski definition) is 3. The number of halogens is 1. The van der Waals surface area contributed by atoms with Crippen LogP contribution in [0.25, 0.3) is 11.3 Å². The van der Waals surface area contributed by atoms with Crippen molar-refractivity contribution in [1.82, 2.24) is 0 Å². The maximum atomic E-state index is 11.4. The lowest BCUT2D eigenvalue weighted by atomic mass is 10.0. The average molecular weight is 325 g/mol. The van der Waals surface area contributed by atoms with Gasteiger partial charge in [0.05, 0.1) is 7.11 Å². The first-order valence-corrected chi connectivity index (χ1v) is 6.56. The quantitative estimate of drug-likeness (QED) is 0.924. The molecule has 0 aliphatic heterocycles. The van der Waals surface area contributed by atoms with E-state index in [-0.39, 0.29) is 5.56 Å². The van der Waals surface area contributed by atoms with Gasteiger partial charge in [-0.25, -0.2) is 4.79 Å². The maximum absolute atomic E-state index is 11.4. The van der Waals surface area contributed by atoms with E-state index in [4.69, 9.17) is 9.15 Å². The normalized spacial score (nSPS) is 10.5. The number of methoxy groups -OCH3 is 1. The molecule has 100 valence electrons. The van der Waals surface area contributed by atoms with E-state index in [1.165, 1.54) is 0 Å². The molecule has 1 aromatic heterocycles. The highest BCUT2D eigenvalue weighted by Crippen LogP contribution is 2.35. The molecule has 1 heterocycles. The summed E-state index contributed by atoms with van der Waals surface area (Å²) in [7, 11) is 1.58. The predicted octanol–water partition coefficient (Wildman–Crippen LogP) is 3.98. The van der Waals surface area contributed by atoms with E-state index in [0.29, 0.717) is 33.7 Å². The Morgan fingerprint density at radius 3 is 2.47 bits per heavy atom. The topological polar surface area (TPSA) is 59.7 Å². The van der Waals surface area contributed by atoms with Crippen LogP contribution in [0, 0.1) is 0 Å². The summed E-state index contributed by atoms with van der Waals surface area (Å²) in [5.41, 5.74) is 1.58. The van der Waals surface area contributed by atoms with Crippen LogP contribution in [-0.4, -0.2) is 18.2 Å². The molecule has 0 saturated heterocycles. The van der Waals surface area contributed by atoms with Gasteiger partial charge in [-0.2, -0.15) is 0 Å². The number of carbonyl (C=O) groups is 1. The van der Waals surface area contributed by atoms with Crippen LogP contribution in [0.3, 0.4) is 0 Å². The zero-order chi connectivity index (χ0) is 14.0.